The maximum atomic E-state index is 11.4. The third kappa shape index (κ3) is 3.48. The summed E-state index contributed by atoms with van der Waals surface area (Å²) in [6, 6.07) is 8.32. The van der Waals surface area contributed by atoms with Gasteiger partial charge in [-0.15, -0.1) is 0 Å². The van der Waals surface area contributed by atoms with Crippen molar-refractivity contribution in [1.29, 1.82) is 0 Å². The Morgan fingerprint density at radius 1 is 1.44 bits per heavy atom. The van der Waals surface area contributed by atoms with Crippen LogP contribution in [0.25, 0.3) is 0 Å². The molecule has 0 N–H and O–H groups in total. The van der Waals surface area contributed by atoms with Crippen LogP contribution in [-0.4, -0.2) is 25.7 Å². The maximum Gasteiger partial charge on any atom is 0.306 e. The van der Waals surface area contributed by atoms with Gasteiger partial charge in [-0.05, 0) is 43.5 Å². The Bertz CT molecular complexity index is 405. The Hall–Kier alpha value is -1.03. The highest BCUT2D eigenvalue weighted by Gasteiger charge is 2.25. The first-order chi connectivity index (χ1) is 8.69. The van der Waals surface area contributed by atoms with Crippen molar-refractivity contribution >= 4 is 27.6 Å². The minimum absolute atomic E-state index is 0.0693. The second kappa shape index (κ2) is 6.23. The van der Waals surface area contributed by atoms with Gasteiger partial charge in [0.05, 0.1) is 13.0 Å². The Balaban J connectivity index is 1.88. The van der Waals surface area contributed by atoms with Crippen molar-refractivity contribution in [2.75, 3.05) is 24.6 Å². The quantitative estimate of drug-likeness (QED) is 0.800. The summed E-state index contributed by atoms with van der Waals surface area (Å²) in [5.41, 5.74) is 1.23. The molecule has 1 heterocycles. The normalized spacial score (nSPS) is 19.0. The van der Waals surface area contributed by atoms with Crippen molar-refractivity contribution in [2.45, 2.75) is 19.8 Å². The van der Waals surface area contributed by atoms with E-state index in [2.05, 4.69) is 33.0 Å². The molecule has 3 nitrogen and oxygen atoms in total. The number of ether oxygens (including phenoxy) is 1. The van der Waals surface area contributed by atoms with E-state index < -0.39 is 0 Å². The maximum absolute atomic E-state index is 11.4. The summed E-state index contributed by atoms with van der Waals surface area (Å²) >= 11 is 3.44. The SMILES string of the molecule is CCOC(=O)CC1CCN(c2ccc(Br)cc2)C1. The Morgan fingerprint density at radius 2 is 2.17 bits per heavy atom. The van der Waals surface area contributed by atoms with Crippen LogP contribution < -0.4 is 4.90 Å². The van der Waals surface area contributed by atoms with Crippen LogP contribution in [0.2, 0.25) is 0 Å². The summed E-state index contributed by atoms with van der Waals surface area (Å²) in [6.45, 7) is 4.29. The minimum Gasteiger partial charge on any atom is -0.466 e. The zero-order valence-corrected chi connectivity index (χ0v) is 12.1. The Labute approximate surface area is 116 Å². The van der Waals surface area contributed by atoms with Gasteiger partial charge in [0.1, 0.15) is 0 Å². The fraction of sp³-hybridized carbons (Fsp3) is 0.500. The molecule has 1 fully saturated rings. The lowest BCUT2D eigenvalue weighted by molar-refractivity contribution is -0.144. The van der Waals surface area contributed by atoms with E-state index in [9.17, 15) is 4.79 Å². The number of carbonyl (C=O) groups is 1. The van der Waals surface area contributed by atoms with E-state index in [1.54, 1.807) is 0 Å². The average Bonchev–Trinajstić information content (AvgIpc) is 2.78. The Morgan fingerprint density at radius 3 is 2.83 bits per heavy atom. The molecule has 2 rings (SSSR count). The van der Waals surface area contributed by atoms with Crippen molar-refractivity contribution in [2.24, 2.45) is 5.92 Å². The first-order valence-electron chi connectivity index (χ1n) is 6.35. The van der Waals surface area contributed by atoms with E-state index in [0.717, 1.165) is 24.0 Å². The fourth-order valence-electron chi connectivity index (χ4n) is 2.34. The monoisotopic (exact) mass is 311 g/mol. The van der Waals surface area contributed by atoms with E-state index >= 15 is 0 Å². The van der Waals surface area contributed by atoms with Gasteiger partial charge < -0.3 is 9.64 Å². The van der Waals surface area contributed by atoms with Crippen molar-refractivity contribution in [3.8, 4) is 0 Å². The highest BCUT2D eigenvalue weighted by Crippen LogP contribution is 2.26. The van der Waals surface area contributed by atoms with Crippen LogP contribution in [0.5, 0.6) is 0 Å². The smallest absolute Gasteiger partial charge is 0.306 e. The number of hydrogen-bond donors (Lipinski definition) is 0. The number of halogens is 1. The third-order valence-corrected chi connectivity index (χ3v) is 3.77. The van der Waals surface area contributed by atoms with Gasteiger partial charge in [-0.1, -0.05) is 15.9 Å². The summed E-state index contributed by atoms with van der Waals surface area (Å²) in [7, 11) is 0. The first kappa shape index (κ1) is 13.4. The lowest BCUT2D eigenvalue weighted by Crippen LogP contribution is -2.20. The van der Waals surface area contributed by atoms with Crippen LogP contribution in [0.1, 0.15) is 19.8 Å². The van der Waals surface area contributed by atoms with E-state index in [1.807, 2.05) is 19.1 Å². The number of hydrogen-bond acceptors (Lipinski definition) is 3. The highest BCUT2D eigenvalue weighted by atomic mass is 79.9. The van der Waals surface area contributed by atoms with Gasteiger partial charge in [0.25, 0.3) is 0 Å². The van der Waals surface area contributed by atoms with Crippen molar-refractivity contribution in [1.82, 2.24) is 0 Å². The third-order valence-electron chi connectivity index (χ3n) is 3.24. The fourth-order valence-corrected chi connectivity index (χ4v) is 2.61. The number of nitrogens with zero attached hydrogens (tertiary/aromatic N) is 1. The van der Waals surface area contributed by atoms with Gasteiger partial charge in [0, 0.05) is 23.2 Å². The summed E-state index contributed by atoms with van der Waals surface area (Å²) in [6.07, 6.45) is 1.61. The molecule has 0 radical (unpaired) electrons. The van der Waals surface area contributed by atoms with Crippen molar-refractivity contribution in [3.63, 3.8) is 0 Å². The molecule has 1 aromatic rings. The van der Waals surface area contributed by atoms with Crippen LogP contribution >= 0.6 is 15.9 Å². The van der Waals surface area contributed by atoms with Gasteiger partial charge in [-0.2, -0.15) is 0 Å². The molecule has 18 heavy (non-hydrogen) atoms. The zero-order chi connectivity index (χ0) is 13.0. The van der Waals surface area contributed by atoms with E-state index in [4.69, 9.17) is 4.74 Å². The van der Waals surface area contributed by atoms with Crippen molar-refractivity contribution < 1.29 is 9.53 Å². The summed E-state index contributed by atoms with van der Waals surface area (Å²) < 4.78 is 6.09. The predicted molar refractivity (Wildman–Crippen MR) is 75.7 cm³/mol. The number of rotatable bonds is 4. The molecule has 1 aromatic carbocycles. The second-order valence-electron chi connectivity index (χ2n) is 4.59. The lowest BCUT2D eigenvalue weighted by atomic mass is 10.1. The van der Waals surface area contributed by atoms with Crippen LogP contribution in [0.3, 0.4) is 0 Å². The van der Waals surface area contributed by atoms with Gasteiger partial charge >= 0.3 is 5.97 Å². The van der Waals surface area contributed by atoms with Gasteiger partial charge in [0.2, 0.25) is 0 Å². The molecule has 0 spiro atoms. The molecule has 0 aromatic heterocycles. The zero-order valence-electron chi connectivity index (χ0n) is 10.6. The number of anilines is 1. The molecule has 1 aliphatic heterocycles. The first-order valence-corrected chi connectivity index (χ1v) is 7.14. The van der Waals surface area contributed by atoms with Crippen LogP contribution in [0.15, 0.2) is 28.7 Å². The van der Waals surface area contributed by atoms with E-state index in [0.29, 0.717) is 18.9 Å². The Kier molecular flexibility index (Phi) is 4.64. The molecule has 0 aliphatic carbocycles. The number of benzene rings is 1. The average molecular weight is 312 g/mol. The van der Waals surface area contributed by atoms with E-state index in [-0.39, 0.29) is 5.97 Å². The van der Waals surface area contributed by atoms with E-state index in [1.165, 1.54) is 5.69 Å². The van der Waals surface area contributed by atoms with Crippen LogP contribution in [-0.2, 0) is 9.53 Å². The predicted octanol–water partition coefficient (Wildman–Crippen LogP) is 3.23. The molecular weight excluding hydrogens is 294 g/mol. The van der Waals surface area contributed by atoms with Gasteiger partial charge in [0.15, 0.2) is 0 Å². The van der Waals surface area contributed by atoms with Gasteiger partial charge in [-0.25, -0.2) is 0 Å². The molecule has 0 amide bonds. The number of esters is 1. The standard InChI is InChI=1S/C14H18BrNO2/c1-2-18-14(17)9-11-7-8-16(10-11)13-5-3-12(15)4-6-13/h3-6,11H,2,7-10H2,1H3. The highest BCUT2D eigenvalue weighted by molar-refractivity contribution is 9.10. The molecular formula is C14H18BrNO2. The summed E-state index contributed by atoms with van der Waals surface area (Å²) in [5.74, 6) is 0.354. The largest absolute Gasteiger partial charge is 0.466 e. The molecule has 0 saturated carbocycles. The number of carbonyl (C=O) groups excluding carboxylic acids is 1. The second-order valence-corrected chi connectivity index (χ2v) is 5.50. The van der Waals surface area contributed by atoms with Crippen molar-refractivity contribution in [3.05, 3.63) is 28.7 Å². The molecule has 4 heteroatoms. The molecule has 98 valence electrons. The van der Waals surface area contributed by atoms with Crippen LogP contribution in [0.4, 0.5) is 5.69 Å². The molecule has 1 aliphatic rings. The molecule has 1 saturated heterocycles. The lowest BCUT2D eigenvalue weighted by Gasteiger charge is -2.18. The minimum atomic E-state index is -0.0693. The molecule has 1 atom stereocenters. The van der Waals surface area contributed by atoms with Gasteiger partial charge in [-0.3, -0.25) is 4.79 Å². The summed E-state index contributed by atoms with van der Waals surface area (Å²) in [5, 5.41) is 0. The van der Waals surface area contributed by atoms with Crippen LogP contribution in [0, 0.1) is 5.92 Å². The molecule has 1 unspecified atom stereocenters. The molecule has 0 bridgehead atoms. The topological polar surface area (TPSA) is 29.5 Å². The summed E-state index contributed by atoms with van der Waals surface area (Å²) in [4.78, 5) is 13.8.